The number of amides is 1. The van der Waals surface area contributed by atoms with Crippen LogP contribution >= 0.6 is 0 Å². The molecule has 2 aromatic rings. The van der Waals surface area contributed by atoms with Crippen LogP contribution in [0.15, 0.2) is 54.6 Å². The lowest BCUT2D eigenvalue weighted by Crippen LogP contribution is -2.49. The maximum Gasteiger partial charge on any atom is 0.223 e. The summed E-state index contributed by atoms with van der Waals surface area (Å²) < 4.78 is 10.9. The Balaban J connectivity index is 1.60. The Morgan fingerprint density at radius 3 is 2.76 bits per heavy atom. The predicted molar refractivity (Wildman–Crippen MR) is 97.8 cm³/mol. The number of morpholine rings is 1. The van der Waals surface area contributed by atoms with Crippen molar-refractivity contribution in [2.24, 2.45) is 0 Å². The maximum absolute atomic E-state index is 12.8. The molecule has 4 nitrogen and oxygen atoms in total. The van der Waals surface area contributed by atoms with E-state index in [1.54, 1.807) is 7.11 Å². The van der Waals surface area contributed by atoms with E-state index < -0.39 is 0 Å². The Labute approximate surface area is 149 Å². The highest BCUT2D eigenvalue weighted by Gasteiger charge is 2.27. The summed E-state index contributed by atoms with van der Waals surface area (Å²) in [5, 5.41) is 0. The Hall–Kier alpha value is -2.33. The van der Waals surface area contributed by atoms with Crippen LogP contribution < -0.4 is 4.74 Å². The van der Waals surface area contributed by atoms with Gasteiger partial charge in [-0.05, 0) is 36.1 Å². The highest BCUT2D eigenvalue weighted by atomic mass is 16.5. The van der Waals surface area contributed by atoms with Gasteiger partial charge in [0.15, 0.2) is 0 Å². The number of carbonyl (C=O) groups excluding carboxylic acids is 1. The average Bonchev–Trinajstić information content (AvgIpc) is 2.67. The molecular weight excluding hydrogens is 314 g/mol. The van der Waals surface area contributed by atoms with Crippen LogP contribution in [-0.4, -0.2) is 43.7 Å². The van der Waals surface area contributed by atoms with Crippen LogP contribution in [0.3, 0.4) is 0 Å². The smallest absolute Gasteiger partial charge is 0.223 e. The van der Waals surface area contributed by atoms with E-state index in [9.17, 15) is 4.79 Å². The van der Waals surface area contributed by atoms with Gasteiger partial charge in [-0.1, -0.05) is 42.5 Å². The van der Waals surface area contributed by atoms with Gasteiger partial charge in [0.05, 0.1) is 26.4 Å². The van der Waals surface area contributed by atoms with E-state index in [0.29, 0.717) is 26.2 Å². The van der Waals surface area contributed by atoms with Gasteiger partial charge < -0.3 is 14.4 Å². The van der Waals surface area contributed by atoms with Crippen LogP contribution in [0.2, 0.25) is 0 Å². The summed E-state index contributed by atoms with van der Waals surface area (Å²) in [5.74, 6) is 1.03. The molecule has 1 fully saturated rings. The molecule has 0 spiro atoms. The number of ether oxygens (including phenoxy) is 2. The van der Waals surface area contributed by atoms with Crippen molar-refractivity contribution in [3.63, 3.8) is 0 Å². The number of benzene rings is 2. The van der Waals surface area contributed by atoms with Crippen molar-refractivity contribution in [1.82, 2.24) is 4.90 Å². The number of aryl methyl sites for hydroxylation is 1. The quantitative estimate of drug-likeness (QED) is 0.812. The van der Waals surface area contributed by atoms with E-state index in [1.165, 1.54) is 5.56 Å². The van der Waals surface area contributed by atoms with Gasteiger partial charge >= 0.3 is 0 Å². The fraction of sp³-hybridized carbons (Fsp3) is 0.381. The molecule has 25 heavy (non-hydrogen) atoms. The van der Waals surface area contributed by atoms with Gasteiger partial charge in [0.2, 0.25) is 5.91 Å². The number of methoxy groups -OCH3 is 1. The molecule has 3 rings (SSSR count). The van der Waals surface area contributed by atoms with Gasteiger partial charge in [-0.3, -0.25) is 4.79 Å². The van der Waals surface area contributed by atoms with Crippen LogP contribution in [0.25, 0.3) is 0 Å². The second-order valence-corrected chi connectivity index (χ2v) is 6.36. The topological polar surface area (TPSA) is 38.8 Å². The van der Waals surface area contributed by atoms with Crippen LogP contribution in [0.4, 0.5) is 0 Å². The molecule has 0 radical (unpaired) electrons. The largest absolute Gasteiger partial charge is 0.497 e. The molecule has 0 aliphatic carbocycles. The van der Waals surface area contributed by atoms with Crippen LogP contribution in [-0.2, 0) is 22.4 Å². The van der Waals surface area contributed by atoms with Crippen molar-refractivity contribution in [3.05, 3.63) is 65.7 Å². The first kappa shape index (κ1) is 17.5. The lowest BCUT2D eigenvalue weighted by molar-refractivity contribution is -0.139. The monoisotopic (exact) mass is 339 g/mol. The minimum absolute atomic E-state index is 0.119. The van der Waals surface area contributed by atoms with Crippen LogP contribution in [0.5, 0.6) is 5.75 Å². The number of hydrogen-bond acceptors (Lipinski definition) is 3. The summed E-state index contributed by atoms with van der Waals surface area (Å²) in [5.41, 5.74) is 2.36. The number of nitrogens with zero attached hydrogens (tertiary/aromatic N) is 1. The van der Waals surface area contributed by atoms with E-state index in [1.807, 2.05) is 47.4 Å². The summed E-state index contributed by atoms with van der Waals surface area (Å²) in [6.07, 6.45) is 2.08. The lowest BCUT2D eigenvalue weighted by Gasteiger charge is -2.36. The second kappa shape index (κ2) is 8.67. The zero-order valence-electron chi connectivity index (χ0n) is 14.7. The molecule has 0 saturated carbocycles. The van der Waals surface area contributed by atoms with Gasteiger partial charge in [-0.2, -0.15) is 0 Å². The number of hydrogen-bond donors (Lipinski definition) is 0. The fourth-order valence-corrected chi connectivity index (χ4v) is 3.26. The first-order valence-corrected chi connectivity index (χ1v) is 8.80. The molecule has 4 heteroatoms. The van der Waals surface area contributed by atoms with E-state index in [-0.39, 0.29) is 11.9 Å². The van der Waals surface area contributed by atoms with E-state index in [2.05, 4.69) is 12.1 Å². The highest BCUT2D eigenvalue weighted by molar-refractivity contribution is 5.77. The molecule has 1 aliphatic heterocycles. The van der Waals surface area contributed by atoms with Crippen molar-refractivity contribution < 1.29 is 14.3 Å². The zero-order chi connectivity index (χ0) is 17.5. The molecule has 1 unspecified atom stereocenters. The number of rotatable bonds is 6. The Morgan fingerprint density at radius 2 is 1.96 bits per heavy atom. The molecule has 1 saturated heterocycles. The first-order chi connectivity index (χ1) is 12.3. The fourth-order valence-electron chi connectivity index (χ4n) is 3.26. The molecular formula is C21H25NO3. The normalized spacial score (nSPS) is 17.3. The van der Waals surface area contributed by atoms with E-state index >= 15 is 0 Å². The Kier molecular flexibility index (Phi) is 6.07. The summed E-state index contributed by atoms with van der Waals surface area (Å²) in [6.45, 7) is 1.91. The summed E-state index contributed by atoms with van der Waals surface area (Å²) >= 11 is 0. The third kappa shape index (κ3) is 4.83. The van der Waals surface area contributed by atoms with Crippen molar-refractivity contribution in [2.45, 2.75) is 25.3 Å². The average molecular weight is 339 g/mol. The predicted octanol–water partition coefficient (Wildman–Crippen LogP) is 3.10. The van der Waals surface area contributed by atoms with E-state index in [4.69, 9.17) is 9.47 Å². The first-order valence-electron chi connectivity index (χ1n) is 8.80. The third-order valence-corrected chi connectivity index (χ3v) is 4.62. The van der Waals surface area contributed by atoms with E-state index in [0.717, 1.165) is 24.2 Å². The van der Waals surface area contributed by atoms with Crippen molar-refractivity contribution in [2.75, 3.05) is 26.9 Å². The summed E-state index contributed by atoms with van der Waals surface area (Å²) in [4.78, 5) is 14.8. The third-order valence-electron chi connectivity index (χ3n) is 4.62. The second-order valence-electron chi connectivity index (χ2n) is 6.36. The van der Waals surface area contributed by atoms with Crippen LogP contribution in [0, 0.1) is 0 Å². The van der Waals surface area contributed by atoms with Gasteiger partial charge in [0.25, 0.3) is 0 Å². The summed E-state index contributed by atoms with van der Waals surface area (Å²) in [6, 6.07) is 18.3. The van der Waals surface area contributed by atoms with Crippen molar-refractivity contribution >= 4 is 5.91 Å². The molecule has 0 N–H and O–H groups in total. The molecule has 132 valence electrons. The summed E-state index contributed by atoms with van der Waals surface area (Å²) in [7, 11) is 1.66. The minimum Gasteiger partial charge on any atom is -0.497 e. The SMILES string of the molecule is COc1cccc(CCC(=O)N2CCOCC2Cc2ccccc2)c1. The lowest BCUT2D eigenvalue weighted by atomic mass is 10.0. The Bertz CT molecular complexity index is 687. The number of carbonyl (C=O) groups is 1. The standard InChI is InChI=1S/C21H25NO3/c1-24-20-9-5-8-18(15-20)10-11-21(23)22-12-13-25-16-19(22)14-17-6-3-2-4-7-17/h2-9,15,19H,10-14,16H2,1H3. The van der Waals surface area contributed by atoms with Gasteiger partial charge in [0.1, 0.15) is 5.75 Å². The van der Waals surface area contributed by atoms with Gasteiger partial charge in [-0.15, -0.1) is 0 Å². The molecule has 1 aliphatic rings. The minimum atomic E-state index is 0.119. The van der Waals surface area contributed by atoms with Crippen molar-refractivity contribution in [3.8, 4) is 5.75 Å². The zero-order valence-corrected chi connectivity index (χ0v) is 14.7. The van der Waals surface area contributed by atoms with Gasteiger partial charge in [0, 0.05) is 13.0 Å². The van der Waals surface area contributed by atoms with Crippen LogP contribution in [0.1, 0.15) is 17.5 Å². The molecule has 0 aromatic heterocycles. The maximum atomic E-state index is 12.8. The van der Waals surface area contributed by atoms with Crippen molar-refractivity contribution in [1.29, 1.82) is 0 Å². The molecule has 1 amide bonds. The Morgan fingerprint density at radius 1 is 1.16 bits per heavy atom. The molecule has 2 aromatic carbocycles. The molecule has 1 heterocycles. The molecule has 0 bridgehead atoms. The highest BCUT2D eigenvalue weighted by Crippen LogP contribution is 2.17. The van der Waals surface area contributed by atoms with Gasteiger partial charge in [-0.25, -0.2) is 0 Å². The molecule has 1 atom stereocenters.